The first-order valence-electron chi connectivity index (χ1n) is 4.84. The molecule has 1 amide bonds. The third-order valence-electron chi connectivity index (χ3n) is 2.06. The van der Waals surface area contributed by atoms with Crippen molar-refractivity contribution in [3.8, 4) is 12.3 Å². The summed E-state index contributed by atoms with van der Waals surface area (Å²) in [6, 6.07) is 4.69. The maximum Gasteiger partial charge on any atom is 0.253 e. The van der Waals surface area contributed by atoms with Gasteiger partial charge in [0.15, 0.2) is 0 Å². The second kappa shape index (κ2) is 5.43. The van der Waals surface area contributed by atoms with E-state index in [0.717, 1.165) is 0 Å². The molecule has 0 aromatic heterocycles. The number of rotatable bonds is 3. The van der Waals surface area contributed by atoms with Gasteiger partial charge >= 0.3 is 0 Å². The molecule has 0 aliphatic rings. The molecule has 0 spiro atoms. The lowest BCUT2D eigenvalue weighted by molar-refractivity contribution is 0.0942. The fraction of sp³-hybridized carbons (Fsp3) is 0.250. The Morgan fingerprint density at radius 2 is 2.38 bits per heavy atom. The summed E-state index contributed by atoms with van der Waals surface area (Å²) in [5.74, 6) is 2.22. The first kappa shape index (κ1) is 12.4. The lowest BCUT2D eigenvalue weighted by atomic mass is 10.1. The highest BCUT2D eigenvalue weighted by atomic mass is 35.5. The number of terminal acetylenes is 1. The summed E-state index contributed by atoms with van der Waals surface area (Å²) in [5.41, 5.74) is 6.45. The number of halogens is 1. The minimum atomic E-state index is -0.261. The normalized spacial score (nSPS) is 11.6. The molecule has 0 saturated carbocycles. The number of benzene rings is 1. The van der Waals surface area contributed by atoms with Crippen molar-refractivity contribution in [3.05, 3.63) is 28.8 Å². The van der Waals surface area contributed by atoms with Crippen LogP contribution in [0.4, 0.5) is 5.69 Å². The van der Waals surface area contributed by atoms with Crippen LogP contribution >= 0.6 is 11.6 Å². The Labute approximate surface area is 100.0 Å². The number of hydrogen-bond donors (Lipinski definition) is 2. The topological polar surface area (TPSA) is 55.1 Å². The van der Waals surface area contributed by atoms with Crippen LogP contribution < -0.4 is 11.1 Å². The largest absolute Gasteiger partial charge is 0.398 e. The number of nitrogens with two attached hydrogens (primary N) is 1. The first-order chi connectivity index (χ1) is 7.54. The summed E-state index contributed by atoms with van der Waals surface area (Å²) in [7, 11) is 0. The van der Waals surface area contributed by atoms with Gasteiger partial charge in [-0.2, -0.15) is 0 Å². The number of carbonyl (C=O) groups is 1. The van der Waals surface area contributed by atoms with E-state index in [1.54, 1.807) is 12.1 Å². The highest BCUT2D eigenvalue weighted by Crippen LogP contribution is 2.17. The molecule has 84 valence electrons. The second-order valence-electron chi connectivity index (χ2n) is 3.51. The molecule has 16 heavy (non-hydrogen) atoms. The third-order valence-corrected chi connectivity index (χ3v) is 2.30. The smallest absolute Gasteiger partial charge is 0.253 e. The van der Waals surface area contributed by atoms with Crippen LogP contribution in [0.5, 0.6) is 0 Å². The number of carbonyl (C=O) groups excluding carboxylic acids is 1. The number of amides is 1. The molecule has 1 aromatic carbocycles. The Morgan fingerprint density at radius 1 is 1.69 bits per heavy atom. The molecule has 0 fully saturated rings. The maximum absolute atomic E-state index is 11.8. The van der Waals surface area contributed by atoms with Crippen molar-refractivity contribution in [2.75, 3.05) is 5.73 Å². The van der Waals surface area contributed by atoms with Gasteiger partial charge in [0.25, 0.3) is 5.91 Å². The van der Waals surface area contributed by atoms with Crippen molar-refractivity contribution in [1.82, 2.24) is 5.32 Å². The number of nitrogen functional groups attached to an aromatic ring is 1. The second-order valence-corrected chi connectivity index (χ2v) is 3.95. The maximum atomic E-state index is 11.8. The third kappa shape index (κ3) is 3.18. The summed E-state index contributed by atoms with van der Waals surface area (Å²) in [6.45, 7) is 1.83. The molecule has 0 radical (unpaired) electrons. The van der Waals surface area contributed by atoms with E-state index in [9.17, 15) is 4.79 Å². The molecular formula is C12H13ClN2O. The van der Waals surface area contributed by atoms with E-state index in [0.29, 0.717) is 22.7 Å². The Hall–Kier alpha value is -1.66. The average Bonchev–Trinajstić information content (AvgIpc) is 2.21. The van der Waals surface area contributed by atoms with E-state index in [1.807, 2.05) is 6.92 Å². The van der Waals surface area contributed by atoms with E-state index >= 15 is 0 Å². The average molecular weight is 237 g/mol. The highest BCUT2D eigenvalue weighted by Gasteiger charge is 2.12. The summed E-state index contributed by atoms with van der Waals surface area (Å²) in [6.07, 6.45) is 5.63. The van der Waals surface area contributed by atoms with Crippen LogP contribution in [0.15, 0.2) is 18.2 Å². The van der Waals surface area contributed by atoms with Crippen LogP contribution in [0, 0.1) is 12.3 Å². The van der Waals surface area contributed by atoms with Gasteiger partial charge < -0.3 is 11.1 Å². The fourth-order valence-electron chi connectivity index (χ4n) is 1.25. The van der Waals surface area contributed by atoms with Gasteiger partial charge in [0.2, 0.25) is 0 Å². The van der Waals surface area contributed by atoms with Crippen molar-refractivity contribution in [2.24, 2.45) is 0 Å². The van der Waals surface area contributed by atoms with E-state index in [4.69, 9.17) is 23.8 Å². The zero-order chi connectivity index (χ0) is 12.1. The number of anilines is 1. The lowest BCUT2D eigenvalue weighted by Gasteiger charge is -2.12. The monoisotopic (exact) mass is 236 g/mol. The van der Waals surface area contributed by atoms with E-state index in [1.165, 1.54) is 6.07 Å². The standard InChI is InChI=1S/C12H13ClN2O/c1-3-4-8(2)15-12(16)10-7-9(13)5-6-11(10)14/h1,5-8H,4,14H2,2H3,(H,15,16). The fourth-order valence-corrected chi connectivity index (χ4v) is 1.43. The van der Waals surface area contributed by atoms with E-state index in [2.05, 4.69) is 11.2 Å². The van der Waals surface area contributed by atoms with Crippen LogP contribution in [-0.2, 0) is 0 Å². The van der Waals surface area contributed by atoms with Gasteiger partial charge in [-0.05, 0) is 25.1 Å². The Kier molecular flexibility index (Phi) is 4.21. The minimum absolute atomic E-state index is 0.0871. The number of hydrogen-bond acceptors (Lipinski definition) is 2. The molecule has 3 nitrogen and oxygen atoms in total. The predicted octanol–water partition coefficient (Wildman–Crippen LogP) is 2.06. The van der Waals surface area contributed by atoms with Gasteiger partial charge in [0.1, 0.15) is 0 Å². The van der Waals surface area contributed by atoms with Crippen LogP contribution in [0.2, 0.25) is 5.02 Å². The molecule has 4 heteroatoms. The Bertz CT molecular complexity index is 437. The predicted molar refractivity (Wildman–Crippen MR) is 66.2 cm³/mol. The van der Waals surface area contributed by atoms with Crippen molar-refractivity contribution >= 4 is 23.2 Å². The quantitative estimate of drug-likeness (QED) is 0.624. The molecule has 1 atom stereocenters. The molecule has 1 rings (SSSR count). The molecule has 3 N–H and O–H groups in total. The lowest BCUT2D eigenvalue weighted by Crippen LogP contribution is -2.32. The summed E-state index contributed by atoms with van der Waals surface area (Å²) >= 11 is 5.79. The first-order valence-corrected chi connectivity index (χ1v) is 5.21. The Balaban J connectivity index is 2.81. The van der Waals surface area contributed by atoms with Crippen LogP contribution in [-0.4, -0.2) is 11.9 Å². The molecule has 0 saturated heterocycles. The van der Waals surface area contributed by atoms with E-state index < -0.39 is 0 Å². The van der Waals surface area contributed by atoms with Gasteiger partial charge in [-0.1, -0.05) is 11.6 Å². The number of nitrogens with one attached hydrogen (secondary N) is 1. The van der Waals surface area contributed by atoms with Gasteiger partial charge in [-0.25, -0.2) is 0 Å². The van der Waals surface area contributed by atoms with Crippen molar-refractivity contribution in [3.63, 3.8) is 0 Å². The molecule has 0 heterocycles. The summed E-state index contributed by atoms with van der Waals surface area (Å²) in [4.78, 5) is 11.8. The molecular weight excluding hydrogens is 224 g/mol. The molecule has 1 aromatic rings. The molecule has 0 bridgehead atoms. The van der Waals surface area contributed by atoms with Crippen molar-refractivity contribution in [1.29, 1.82) is 0 Å². The van der Waals surface area contributed by atoms with Crippen LogP contribution in [0.25, 0.3) is 0 Å². The van der Waals surface area contributed by atoms with Gasteiger partial charge in [-0.15, -0.1) is 12.3 Å². The van der Waals surface area contributed by atoms with Gasteiger partial charge in [-0.3, -0.25) is 4.79 Å². The molecule has 1 unspecified atom stereocenters. The van der Waals surface area contributed by atoms with Gasteiger partial charge in [0, 0.05) is 23.2 Å². The van der Waals surface area contributed by atoms with Crippen molar-refractivity contribution < 1.29 is 4.79 Å². The van der Waals surface area contributed by atoms with E-state index in [-0.39, 0.29) is 11.9 Å². The van der Waals surface area contributed by atoms with Crippen LogP contribution in [0.1, 0.15) is 23.7 Å². The van der Waals surface area contributed by atoms with Crippen molar-refractivity contribution in [2.45, 2.75) is 19.4 Å². The van der Waals surface area contributed by atoms with Crippen LogP contribution in [0.3, 0.4) is 0 Å². The zero-order valence-corrected chi connectivity index (χ0v) is 9.71. The zero-order valence-electron chi connectivity index (χ0n) is 8.96. The SMILES string of the molecule is C#CCC(C)NC(=O)c1cc(Cl)ccc1N. The summed E-state index contributed by atoms with van der Waals surface area (Å²) < 4.78 is 0. The summed E-state index contributed by atoms with van der Waals surface area (Å²) in [5, 5.41) is 3.22. The minimum Gasteiger partial charge on any atom is -0.398 e. The van der Waals surface area contributed by atoms with Gasteiger partial charge in [0.05, 0.1) is 5.56 Å². The Morgan fingerprint density at radius 3 is 3.00 bits per heavy atom. The molecule has 0 aliphatic heterocycles. The highest BCUT2D eigenvalue weighted by molar-refractivity contribution is 6.31. The molecule has 0 aliphatic carbocycles.